The van der Waals surface area contributed by atoms with Gasteiger partial charge in [-0.05, 0) is 37.6 Å². The minimum absolute atomic E-state index is 0.0327. The lowest BCUT2D eigenvalue weighted by Crippen LogP contribution is -2.18. The number of nitrogens with zero attached hydrogens (tertiary/aromatic N) is 2. The van der Waals surface area contributed by atoms with Crippen molar-refractivity contribution in [2.45, 2.75) is 26.3 Å². The summed E-state index contributed by atoms with van der Waals surface area (Å²) < 4.78 is 18.3. The maximum atomic E-state index is 13.2. The Morgan fingerprint density at radius 2 is 2.18 bits per heavy atom. The van der Waals surface area contributed by atoms with Gasteiger partial charge in [0.25, 0.3) is 5.89 Å². The van der Waals surface area contributed by atoms with Gasteiger partial charge in [0.15, 0.2) is 5.82 Å². The van der Waals surface area contributed by atoms with E-state index in [1.54, 1.807) is 6.07 Å². The number of aryl methyl sites for hydroxylation is 1. The lowest BCUT2D eigenvalue weighted by Gasteiger charge is -1.98. The van der Waals surface area contributed by atoms with Crippen LogP contribution in [0.3, 0.4) is 0 Å². The van der Waals surface area contributed by atoms with Crippen LogP contribution in [0.1, 0.15) is 18.3 Å². The molecule has 0 spiro atoms. The van der Waals surface area contributed by atoms with Crippen molar-refractivity contribution in [1.82, 2.24) is 10.1 Å². The van der Waals surface area contributed by atoms with E-state index in [1.807, 2.05) is 13.8 Å². The number of hydrogen-bond acceptors (Lipinski definition) is 4. The lowest BCUT2D eigenvalue weighted by atomic mass is 10.1. The van der Waals surface area contributed by atoms with Gasteiger partial charge in [0, 0.05) is 18.0 Å². The molecule has 0 saturated carbocycles. The van der Waals surface area contributed by atoms with E-state index in [1.165, 1.54) is 12.1 Å². The fourth-order valence-electron chi connectivity index (χ4n) is 1.60. The summed E-state index contributed by atoms with van der Waals surface area (Å²) in [5, 5.41) is 3.80. The first-order chi connectivity index (χ1) is 8.04. The molecule has 0 amide bonds. The maximum absolute atomic E-state index is 13.2. The van der Waals surface area contributed by atoms with Crippen molar-refractivity contribution >= 4 is 0 Å². The highest BCUT2D eigenvalue weighted by Crippen LogP contribution is 2.20. The van der Waals surface area contributed by atoms with Gasteiger partial charge in [0.05, 0.1) is 0 Å². The second-order valence-electron chi connectivity index (χ2n) is 4.21. The monoisotopic (exact) mass is 235 g/mol. The van der Waals surface area contributed by atoms with Gasteiger partial charge in [0.2, 0.25) is 0 Å². The molecule has 0 bridgehead atoms. The van der Waals surface area contributed by atoms with Crippen molar-refractivity contribution in [2.75, 3.05) is 0 Å². The highest BCUT2D eigenvalue weighted by molar-refractivity contribution is 5.54. The third-order valence-corrected chi connectivity index (χ3v) is 2.26. The minimum atomic E-state index is -0.313. The van der Waals surface area contributed by atoms with Crippen LogP contribution in [-0.2, 0) is 6.42 Å². The molecule has 0 aliphatic carbocycles. The average Bonchev–Trinajstić information content (AvgIpc) is 2.63. The van der Waals surface area contributed by atoms with Crippen molar-refractivity contribution < 1.29 is 8.91 Å². The van der Waals surface area contributed by atoms with Crippen molar-refractivity contribution in [3.63, 3.8) is 0 Å². The van der Waals surface area contributed by atoms with E-state index < -0.39 is 0 Å². The molecule has 2 aromatic rings. The smallest absolute Gasteiger partial charge is 0.258 e. The Bertz CT molecular complexity index is 502. The first kappa shape index (κ1) is 11.7. The van der Waals surface area contributed by atoms with Gasteiger partial charge in [-0.1, -0.05) is 5.16 Å². The Balaban J connectivity index is 2.30. The van der Waals surface area contributed by atoms with Gasteiger partial charge in [-0.3, -0.25) is 0 Å². The molecule has 0 aliphatic heterocycles. The third-order valence-electron chi connectivity index (χ3n) is 2.26. The second-order valence-corrected chi connectivity index (χ2v) is 4.21. The van der Waals surface area contributed by atoms with Gasteiger partial charge >= 0.3 is 0 Å². The summed E-state index contributed by atoms with van der Waals surface area (Å²) in [4.78, 5) is 4.18. The Morgan fingerprint density at radius 1 is 1.41 bits per heavy atom. The topological polar surface area (TPSA) is 64.9 Å². The minimum Gasteiger partial charge on any atom is -0.334 e. The van der Waals surface area contributed by atoms with Crippen molar-refractivity contribution in [2.24, 2.45) is 5.73 Å². The van der Waals surface area contributed by atoms with Gasteiger partial charge < -0.3 is 10.3 Å². The van der Waals surface area contributed by atoms with Crippen LogP contribution in [0.15, 0.2) is 22.7 Å². The van der Waals surface area contributed by atoms with Gasteiger partial charge in [0.1, 0.15) is 5.82 Å². The molecule has 1 heterocycles. The summed E-state index contributed by atoms with van der Waals surface area (Å²) in [6.45, 7) is 3.67. The Hall–Kier alpha value is -1.75. The Kier molecular flexibility index (Phi) is 3.19. The average molecular weight is 235 g/mol. The van der Waals surface area contributed by atoms with Crippen LogP contribution in [0.4, 0.5) is 4.39 Å². The summed E-state index contributed by atoms with van der Waals surface area (Å²) >= 11 is 0. The molecule has 1 unspecified atom stereocenters. The maximum Gasteiger partial charge on any atom is 0.258 e. The summed E-state index contributed by atoms with van der Waals surface area (Å²) in [5.41, 5.74) is 7.04. The highest BCUT2D eigenvalue weighted by Gasteiger charge is 2.11. The number of rotatable bonds is 3. The molecule has 1 aromatic carbocycles. The lowest BCUT2D eigenvalue weighted by molar-refractivity contribution is 0.420. The van der Waals surface area contributed by atoms with Gasteiger partial charge in [-0.2, -0.15) is 4.98 Å². The molecule has 17 heavy (non-hydrogen) atoms. The van der Waals surface area contributed by atoms with Crippen molar-refractivity contribution in [3.8, 4) is 11.5 Å². The molecule has 4 nitrogen and oxygen atoms in total. The molecule has 1 atom stereocenters. The second kappa shape index (κ2) is 4.63. The summed E-state index contributed by atoms with van der Waals surface area (Å²) in [5.74, 6) is 0.548. The molecule has 0 saturated heterocycles. The summed E-state index contributed by atoms with van der Waals surface area (Å²) in [7, 11) is 0. The van der Waals surface area contributed by atoms with Gasteiger partial charge in [-0.15, -0.1) is 0 Å². The van der Waals surface area contributed by atoms with E-state index in [9.17, 15) is 4.39 Å². The molecule has 0 radical (unpaired) electrons. The van der Waals surface area contributed by atoms with E-state index in [0.717, 1.165) is 5.56 Å². The summed E-state index contributed by atoms with van der Waals surface area (Å²) in [6, 6.07) is 4.58. The number of nitrogens with two attached hydrogens (primary N) is 1. The molecule has 2 N–H and O–H groups in total. The predicted octanol–water partition coefficient (Wildman–Crippen LogP) is 2.07. The van der Waals surface area contributed by atoms with Crippen LogP contribution in [0.2, 0.25) is 0 Å². The Morgan fingerprint density at radius 3 is 2.82 bits per heavy atom. The molecule has 0 aliphatic rings. The first-order valence-electron chi connectivity index (χ1n) is 5.40. The third kappa shape index (κ3) is 2.88. The summed E-state index contributed by atoms with van der Waals surface area (Å²) in [6.07, 6.45) is 0.539. The fourth-order valence-corrected chi connectivity index (χ4v) is 1.60. The molecular formula is C12H14FN3O. The van der Waals surface area contributed by atoms with E-state index in [-0.39, 0.29) is 11.9 Å². The van der Waals surface area contributed by atoms with Crippen molar-refractivity contribution in [3.05, 3.63) is 35.4 Å². The molecule has 0 fully saturated rings. The van der Waals surface area contributed by atoms with Crippen LogP contribution < -0.4 is 5.73 Å². The number of halogens is 1. The molecule has 5 heteroatoms. The normalized spacial score (nSPS) is 12.7. The number of aromatic nitrogens is 2. The van der Waals surface area contributed by atoms with Crippen molar-refractivity contribution in [1.29, 1.82) is 0 Å². The van der Waals surface area contributed by atoms with E-state index >= 15 is 0 Å². The van der Waals surface area contributed by atoms with Crippen LogP contribution >= 0.6 is 0 Å². The van der Waals surface area contributed by atoms with E-state index in [4.69, 9.17) is 10.3 Å². The largest absolute Gasteiger partial charge is 0.334 e. The molecule has 2 rings (SSSR count). The van der Waals surface area contributed by atoms with Crippen LogP contribution in [0.5, 0.6) is 0 Å². The molecule has 90 valence electrons. The zero-order valence-electron chi connectivity index (χ0n) is 9.77. The molecule has 1 aromatic heterocycles. The fraction of sp³-hybridized carbons (Fsp3) is 0.333. The zero-order chi connectivity index (χ0) is 12.4. The Labute approximate surface area is 98.6 Å². The first-order valence-corrected chi connectivity index (χ1v) is 5.40. The van der Waals surface area contributed by atoms with E-state index in [0.29, 0.717) is 23.7 Å². The number of hydrogen-bond donors (Lipinski definition) is 1. The van der Waals surface area contributed by atoms with Gasteiger partial charge in [-0.25, -0.2) is 4.39 Å². The molecular weight excluding hydrogens is 221 g/mol. The zero-order valence-corrected chi connectivity index (χ0v) is 9.77. The van der Waals surface area contributed by atoms with Crippen LogP contribution in [-0.4, -0.2) is 16.2 Å². The highest BCUT2D eigenvalue weighted by atomic mass is 19.1. The van der Waals surface area contributed by atoms with Crippen LogP contribution in [0, 0.1) is 12.7 Å². The predicted molar refractivity (Wildman–Crippen MR) is 61.8 cm³/mol. The SMILES string of the molecule is Cc1cc(F)cc(-c2nc(CC(C)N)no2)c1. The standard InChI is InChI=1S/C12H14FN3O/c1-7-3-9(6-10(13)4-7)12-15-11(16-17-12)5-8(2)14/h3-4,6,8H,5,14H2,1-2H3. The number of benzene rings is 1. The van der Waals surface area contributed by atoms with E-state index in [2.05, 4.69) is 10.1 Å². The quantitative estimate of drug-likeness (QED) is 0.884. The van der Waals surface area contributed by atoms with Crippen LogP contribution in [0.25, 0.3) is 11.5 Å².